The third-order valence-electron chi connectivity index (χ3n) is 1.67. The van der Waals surface area contributed by atoms with Gasteiger partial charge in [0.2, 0.25) is 0 Å². The van der Waals surface area contributed by atoms with Crippen molar-refractivity contribution in [2.24, 2.45) is 0 Å². The number of rotatable bonds is 0. The van der Waals surface area contributed by atoms with Crippen LogP contribution in [0.5, 0.6) is 0 Å². The molecule has 0 unspecified atom stereocenters. The molecule has 20 heavy (non-hydrogen) atoms. The summed E-state index contributed by atoms with van der Waals surface area (Å²) in [6.07, 6.45) is 1.45. The Hall–Kier alpha value is -2.51. The summed E-state index contributed by atoms with van der Waals surface area (Å²) < 4.78 is 33.3. The third-order valence-corrected chi connectivity index (χ3v) is 1.67. The van der Waals surface area contributed by atoms with Crippen LogP contribution in [-0.4, -0.2) is 42.4 Å². The molecule has 0 atom stereocenters. The Labute approximate surface area is 112 Å². The maximum absolute atomic E-state index is 8.74. The van der Waals surface area contributed by atoms with Gasteiger partial charge in [-0.3, -0.25) is 9.11 Å². The average molecular weight is 309 g/mol. The Bertz CT molecular complexity index is 670. The number of fused-ring (bicyclic) bond motifs is 1. The highest BCUT2D eigenvalue weighted by molar-refractivity contribution is 7.79. The van der Waals surface area contributed by atoms with E-state index in [1.807, 2.05) is 19.1 Å². The monoisotopic (exact) mass is 309 g/mol. The Kier molecular flexibility index (Phi) is 6.27. The van der Waals surface area contributed by atoms with E-state index >= 15 is 0 Å². The van der Waals surface area contributed by atoms with Gasteiger partial charge in [0.05, 0.1) is 0 Å². The van der Waals surface area contributed by atoms with Crippen molar-refractivity contribution in [2.75, 3.05) is 5.73 Å². The van der Waals surface area contributed by atoms with Gasteiger partial charge in [-0.2, -0.15) is 13.5 Å². The molecule has 0 radical (unpaired) electrons. The summed E-state index contributed by atoms with van der Waals surface area (Å²) in [6.45, 7) is 1.97. The molecular formula is C7H11N5O7S. The Balaban J connectivity index is 0.000000340. The van der Waals surface area contributed by atoms with Crippen LogP contribution in [0.15, 0.2) is 18.5 Å². The normalized spacial score (nSPS) is 9.95. The molecule has 12 nitrogen and oxygen atoms in total. The highest BCUT2D eigenvalue weighted by Gasteiger charge is 2.00. The SMILES string of the molecule is Cc1ccc2c(N)ncnn12.O=S(=O)(O)O.O=[N+]([O-])O. The lowest BCUT2D eigenvalue weighted by molar-refractivity contribution is -0.742. The molecular weight excluding hydrogens is 298 g/mol. The molecule has 0 saturated carbocycles. The zero-order valence-corrected chi connectivity index (χ0v) is 10.8. The number of nitrogens with zero attached hydrogens (tertiary/aromatic N) is 4. The number of hydrogen-bond donors (Lipinski definition) is 4. The molecule has 0 saturated heterocycles. The first-order valence-electron chi connectivity index (χ1n) is 4.60. The number of aromatic nitrogens is 3. The number of hydrogen-bond acceptors (Lipinski definition) is 7. The van der Waals surface area contributed by atoms with E-state index in [4.69, 9.17) is 38.6 Å². The maximum Gasteiger partial charge on any atom is 0.394 e. The quantitative estimate of drug-likeness (QED) is 0.283. The van der Waals surface area contributed by atoms with E-state index in [-0.39, 0.29) is 0 Å². The largest absolute Gasteiger partial charge is 0.394 e. The fourth-order valence-corrected chi connectivity index (χ4v) is 1.08. The summed E-state index contributed by atoms with van der Waals surface area (Å²) in [7, 11) is -4.67. The van der Waals surface area contributed by atoms with E-state index in [1.165, 1.54) is 6.33 Å². The van der Waals surface area contributed by atoms with Crippen LogP contribution >= 0.6 is 0 Å². The lowest BCUT2D eigenvalue weighted by atomic mass is 10.5. The number of nitrogens with two attached hydrogens (primary N) is 1. The molecule has 0 fully saturated rings. The zero-order valence-electron chi connectivity index (χ0n) is 9.98. The van der Waals surface area contributed by atoms with Crippen molar-refractivity contribution >= 4 is 21.7 Å². The number of aryl methyl sites for hydroxylation is 1. The molecule has 2 aromatic rings. The summed E-state index contributed by atoms with van der Waals surface area (Å²) in [4.78, 5) is 12.2. The van der Waals surface area contributed by atoms with Crippen LogP contribution in [-0.2, 0) is 10.4 Å². The van der Waals surface area contributed by atoms with E-state index in [0.717, 1.165) is 11.2 Å². The second kappa shape index (κ2) is 7.17. The van der Waals surface area contributed by atoms with Crippen LogP contribution in [0.25, 0.3) is 5.52 Å². The van der Waals surface area contributed by atoms with Crippen LogP contribution in [0.1, 0.15) is 5.69 Å². The Morgan fingerprint density at radius 1 is 1.40 bits per heavy atom. The first kappa shape index (κ1) is 17.5. The van der Waals surface area contributed by atoms with Crippen LogP contribution in [0.2, 0.25) is 0 Å². The van der Waals surface area contributed by atoms with Crippen molar-refractivity contribution in [3.8, 4) is 0 Å². The van der Waals surface area contributed by atoms with Crippen molar-refractivity contribution in [1.82, 2.24) is 14.6 Å². The molecule has 0 aromatic carbocycles. The zero-order chi connectivity index (χ0) is 15.9. The Morgan fingerprint density at radius 3 is 2.25 bits per heavy atom. The minimum Gasteiger partial charge on any atom is -0.382 e. The minimum absolute atomic E-state index is 0.521. The van der Waals surface area contributed by atoms with E-state index in [2.05, 4.69) is 10.1 Å². The minimum atomic E-state index is -4.67. The van der Waals surface area contributed by atoms with Gasteiger partial charge in [0, 0.05) is 5.69 Å². The summed E-state index contributed by atoms with van der Waals surface area (Å²) in [5.41, 5.74) is 7.53. The van der Waals surface area contributed by atoms with Crippen molar-refractivity contribution in [1.29, 1.82) is 0 Å². The molecule has 0 spiro atoms. The standard InChI is InChI=1S/C7H8N4.HNO3.H2O4S/c1-5-2-3-6-7(8)9-4-10-11(5)6;2-1(3)4;1-5(2,3)4/h2-4H,1H3,(H2,8,9,10);(H,2,3,4);(H2,1,2,3,4). The van der Waals surface area contributed by atoms with Gasteiger partial charge >= 0.3 is 10.4 Å². The van der Waals surface area contributed by atoms with Gasteiger partial charge in [0.1, 0.15) is 11.8 Å². The fourth-order valence-electron chi connectivity index (χ4n) is 1.08. The predicted octanol–water partition coefficient (Wildman–Crippen LogP) is -0.381. The summed E-state index contributed by atoms with van der Waals surface area (Å²) in [6, 6.07) is 3.87. The molecule has 0 amide bonds. The highest BCUT2D eigenvalue weighted by Crippen LogP contribution is 2.11. The first-order valence-corrected chi connectivity index (χ1v) is 6.00. The molecule has 112 valence electrons. The van der Waals surface area contributed by atoms with Crippen molar-refractivity contribution < 1.29 is 27.8 Å². The average Bonchev–Trinajstić information content (AvgIpc) is 2.59. The van der Waals surface area contributed by atoms with Crippen LogP contribution in [0.3, 0.4) is 0 Å². The lowest BCUT2D eigenvalue weighted by Gasteiger charge is -1.96. The van der Waals surface area contributed by atoms with Gasteiger partial charge < -0.3 is 10.9 Å². The van der Waals surface area contributed by atoms with Gasteiger partial charge in [-0.1, -0.05) is 0 Å². The van der Waals surface area contributed by atoms with E-state index in [9.17, 15) is 0 Å². The highest BCUT2D eigenvalue weighted by atomic mass is 32.3. The molecule has 2 rings (SSSR count). The summed E-state index contributed by atoms with van der Waals surface area (Å²) in [5.74, 6) is 0.521. The molecule has 2 aromatic heterocycles. The van der Waals surface area contributed by atoms with Gasteiger partial charge in [0.15, 0.2) is 5.82 Å². The van der Waals surface area contributed by atoms with Gasteiger partial charge in [-0.05, 0) is 19.1 Å². The van der Waals surface area contributed by atoms with Gasteiger partial charge in [-0.25, -0.2) is 9.50 Å². The lowest BCUT2D eigenvalue weighted by Crippen LogP contribution is -1.99. The van der Waals surface area contributed by atoms with Crippen molar-refractivity contribution in [2.45, 2.75) is 6.92 Å². The second-order valence-corrected chi connectivity index (χ2v) is 4.00. The van der Waals surface area contributed by atoms with Crippen LogP contribution in [0.4, 0.5) is 5.82 Å². The molecule has 2 heterocycles. The van der Waals surface area contributed by atoms with Crippen LogP contribution < -0.4 is 5.73 Å². The predicted molar refractivity (Wildman–Crippen MR) is 65.1 cm³/mol. The van der Waals surface area contributed by atoms with Crippen molar-refractivity contribution in [3.05, 3.63) is 34.3 Å². The first-order chi connectivity index (χ1) is 9.02. The number of nitrogen functional groups attached to an aromatic ring is 1. The molecule has 0 aliphatic heterocycles. The fraction of sp³-hybridized carbons (Fsp3) is 0.143. The molecule has 13 heteroatoms. The van der Waals surface area contributed by atoms with Crippen molar-refractivity contribution in [3.63, 3.8) is 0 Å². The molecule has 0 bridgehead atoms. The van der Waals surface area contributed by atoms with Gasteiger partial charge in [-0.15, -0.1) is 10.1 Å². The van der Waals surface area contributed by atoms with Gasteiger partial charge in [0.25, 0.3) is 5.09 Å². The number of anilines is 1. The third kappa shape index (κ3) is 7.75. The van der Waals surface area contributed by atoms with E-state index in [1.54, 1.807) is 4.52 Å². The van der Waals surface area contributed by atoms with Crippen LogP contribution in [0, 0.1) is 17.0 Å². The second-order valence-electron chi connectivity index (χ2n) is 3.10. The molecule has 0 aliphatic rings. The van der Waals surface area contributed by atoms with E-state index in [0.29, 0.717) is 5.82 Å². The summed E-state index contributed by atoms with van der Waals surface area (Å²) >= 11 is 0. The van der Waals surface area contributed by atoms with E-state index < -0.39 is 15.5 Å². The summed E-state index contributed by atoms with van der Waals surface area (Å²) in [5, 5.41) is 17.7. The Morgan fingerprint density at radius 2 is 1.85 bits per heavy atom. The smallest absolute Gasteiger partial charge is 0.382 e. The molecule has 5 N–H and O–H groups in total. The topological polar surface area (TPSA) is 194 Å². The molecule has 0 aliphatic carbocycles. The maximum atomic E-state index is 8.74.